The molecule has 0 spiro atoms. The second-order valence-corrected chi connectivity index (χ2v) is 9.26. The van der Waals surface area contributed by atoms with Gasteiger partial charge in [-0.25, -0.2) is 0 Å². The zero-order chi connectivity index (χ0) is 18.9. The SMILES string of the molecule is CC(C)(C)C1CCC(Oc2ccc3cc([C@@](C)(N)CO)ccc3c2)CC1.[Fe]. The average molecular weight is 411 g/mol. The number of aliphatic hydroxyl groups excluding tert-OH is 1. The van der Waals surface area contributed by atoms with Gasteiger partial charge in [-0.15, -0.1) is 0 Å². The van der Waals surface area contributed by atoms with Crippen molar-refractivity contribution in [3.63, 3.8) is 0 Å². The van der Waals surface area contributed by atoms with Crippen molar-refractivity contribution in [2.75, 3.05) is 6.61 Å². The minimum Gasteiger partial charge on any atom is -0.490 e. The molecule has 2 aromatic rings. The monoisotopic (exact) mass is 411 g/mol. The first kappa shape index (κ1) is 22.2. The van der Waals surface area contributed by atoms with Gasteiger partial charge in [-0.2, -0.15) is 0 Å². The largest absolute Gasteiger partial charge is 0.490 e. The molecule has 0 unspecified atom stereocenters. The third-order valence-electron chi connectivity index (χ3n) is 6.00. The van der Waals surface area contributed by atoms with Crippen LogP contribution in [0.3, 0.4) is 0 Å². The Kier molecular flexibility index (Phi) is 7.02. The van der Waals surface area contributed by atoms with E-state index in [2.05, 4.69) is 51.1 Å². The fraction of sp³-hybridized carbons (Fsp3) is 0.565. The maximum Gasteiger partial charge on any atom is 0.120 e. The van der Waals surface area contributed by atoms with Crippen LogP contribution in [-0.2, 0) is 22.6 Å². The molecule has 150 valence electrons. The normalized spacial score (nSPS) is 22.7. The van der Waals surface area contributed by atoms with Crippen molar-refractivity contribution in [3.05, 3.63) is 42.0 Å². The molecule has 1 aliphatic rings. The van der Waals surface area contributed by atoms with Crippen LogP contribution in [0.15, 0.2) is 36.4 Å². The summed E-state index contributed by atoms with van der Waals surface area (Å²) in [6.07, 6.45) is 5.11. The zero-order valence-electron chi connectivity index (χ0n) is 16.9. The number of aliphatic hydroxyl groups is 1. The molecule has 27 heavy (non-hydrogen) atoms. The molecule has 0 heterocycles. The van der Waals surface area contributed by atoms with E-state index in [0.717, 1.165) is 40.8 Å². The average Bonchev–Trinajstić information content (AvgIpc) is 2.61. The van der Waals surface area contributed by atoms with Crippen LogP contribution in [0.5, 0.6) is 5.75 Å². The van der Waals surface area contributed by atoms with Gasteiger partial charge in [0.2, 0.25) is 0 Å². The van der Waals surface area contributed by atoms with E-state index in [1.54, 1.807) is 0 Å². The molecule has 3 nitrogen and oxygen atoms in total. The van der Waals surface area contributed by atoms with Crippen LogP contribution < -0.4 is 10.5 Å². The van der Waals surface area contributed by atoms with Crippen molar-refractivity contribution in [1.29, 1.82) is 0 Å². The molecular weight excluding hydrogens is 378 g/mol. The topological polar surface area (TPSA) is 55.5 Å². The molecule has 1 fully saturated rings. The van der Waals surface area contributed by atoms with Crippen LogP contribution in [-0.4, -0.2) is 17.8 Å². The first-order valence-electron chi connectivity index (χ1n) is 9.80. The van der Waals surface area contributed by atoms with Crippen LogP contribution in [0.2, 0.25) is 0 Å². The maximum atomic E-state index is 9.47. The van der Waals surface area contributed by atoms with Gasteiger partial charge in [0.05, 0.1) is 18.2 Å². The molecule has 4 heteroatoms. The van der Waals surface area contributed by atoms with E-state index < -0.39 is 5.54 Å². The van der Waals surface area contributed by atoms with Gasteiger partial charge >= 0.3 is 0 Å². The van der Waals surface area contributed by atoms with E-state index in [0.29, 0.717) is 11.5 Å². The Labute approximate surface area is 174 Å². The van der Waals surface area contributed by atoms with Gasteiger partial charge in [-0.05, 0) is 78.5 Å². The fourth-order valence-electron chi connectivity index (χ4n) is 3.98. The molecule has 3 rings (SSSR count). The van der Waals surface area contributed by atoms with Crippen molar-refractivity contribution in [2.24, 2.45) is 17.1 Å². The van der Waals surface area contributed by atoms with E-state index in [9.17, 15) is 5.11 Å². The summed E-state index contributed by atoms with van der Waals surface area (Å²) in [6.45, 7) is 8.81. The van der Waals surface area contributed by atoms with Crippen LogP contribution in [0, 0.1) is 11.3 Å². The van der Waals surface area contributed by atoms with E-state index in [-0.39, 0.29) is 23.7 Å². The van der Waals surface area contributed by atoms with Crippen molar-refractivity contribution >= 4 is 10.8 Å². The molecule has 0 radical (unpaired) electrons. The molecular formula is C23H33FeNO2. The molecule has 0 aromatic heterocycles. The van der Waals surface area contributed by atoms with Crippen LogP contribution >= 0.6 is 0 Å². The first-order valence-corrected chi connectivity index (χ1v) is 9.80. The van der Waals surface area contributed by atoms with E-state index in [1.165, 1.54) is 12.8 Å². The smallest absolute Gasteiger partial charge is 0.120 e. The van der Waals surface area contributed by atoms with Gasteiger partial charge < -0.3 is 15.6 Å². The number of hydrogen-bond donors (Lipinski definition) is 2. The minimum atomic E-state index is -0.713. The van der Waals surface area contributed by atoms with Gasteiger partial charge in [0, 0.05) is 17.1 Å². The molecule has 1 saturated carbocycles. The van der Waals surface area contributed by atoms with Crippen molar-refractivity contribution in [1.82, 2.24) is 0 Å². The number of hydrogen-bond acceptors (Lipinski definition) is 3. The summed E-state index contributed by atoms with van der Waals surface area (Å²) in [5.41, 5.74) is 6.78. The Morgan fingerprint density at radius 2 is 1.56 bits per heavy atom. The van der Waals surface area contributed by atoms with Crippen LogP contribution in [0.4, 0.5) is 0 Å². The number of nitrogens with two attached hydrogens (primary N) is 1. The predicted octanol–water partition coefficient (Wildman–Crippen LogP) is 4.99. The summed E-state index contributed by atoms with van der Waals surface area (Å²) in [6, 6.07) is 12.4. The third kappa shape index (κ3) is 5.26. The Hall–Kier alpha value is -1.06. The molecule has 3 N–H and O–H groups in total. The van der Waals surface area contributed by atoms with E-state index in [1.807, 2.05) is 13.0 Å². The van der Waals surface area contributed by atoms with Gasteiger partial charge in [0.15, 0.2) is 0 Å². The molecule has 0 amide bonds. The molecule has 0 aliphatic heterocycles. The van der Waals surface area contributed by atoms with Crippen molar-refractivity contribution in [2.45, 2.75) is 65.0 Å². The number of benzene rings is 2. The number of fused-ring (bicyclic) bond motifs is 1. The Morgan fingerprint density at radius 3 is 2.15 bits per heavy atom. The summed E-state index contributed by atoms with van der Waals surface area (Å²) >= 11 is 0. The minimum absolute atomic E-state index is 0. The number of ether oxygens (including phenoxy) is 1. The summed E-state index contributed by atoms with van der Waals surface area (Å²) in [7, 11) is 0. The summed E-state index contributed by atoms with van der Waals surface area (Å²) in [5.74, 6) is 1.75. The van der Waals surface area contributed by atoms with Crippen molar-refractivity contribution < 1.29 is 26.9 Å². The Bertz CT molecular complexity index is 759. The molecule has 2 aromatic carbocycles. The Morgan fingerprint density at radius 1 is 0.963 bits per heavy atom. The summed E-state index contributed by atoms with van der Waals surface area (Å²) in [4.78, 5) is 0. The molecule has 1 atom stereocenters. The Balaban J connectivity index is 0.00000261. The molecule has 0 saturated heterocycles. The van der Waals surface area contributed by atoms with Gasteiger partial charge in [0.25, 0.3) is 0 Å². The van der Waals surface area contributed by atoms with Gasteiger partial charge in [-0.3, -0.25) is 0 Å². The van der Waals surface area contributed by atoms with Crippen LogP contribution in [0.25, 0.3) is 10.8 Å². The fourth-order valence-corrected chi connectivity index (χ4v) is 3.98. The second-order valence-electron chi connectivity index (χ2n) is 9.26. The van der Waals surface area contributed by atoms with Crippen molar-refractivity contribution in [3.8, 4) is 5.75 Å². The molecule has 0 bridgehead atoms. The quantitative estimate of drug-likeness (QED) is 0.698. The predicted molar refractivity (Wildman–Crippen MR) is 108 cm³/mol. The van der Waals surface area contributed by atoms with E-state index in [4.69, 9.17) is 10.5 Å². The summed E-state index contributed by atoms with van der Waals surface area (Å²) in [5, 5.41) is 11.7. The van der Waals surface area contributed by atoms with E-state index >= 15 is 0 Å². The molecule has 1 aliphatic carbocycles. The zero-order valence-corrected chi connectivity index (χ0v) is 18.0. The second kappa shape index (κ2) is 8.53. The summed E-state index contributed by atoms with van der Waals surface area (Å²) < 4.78 is 6.28. The standard InChI is InChI=1S/C23H33NO2.Fe/c1-22(2,3)18-8-11-20(12-9-18)26-21-10-6-16-13-19(23(4,24)15-25)7-5-17(16)14-21;/h5-7,10,13-14,18,20,25H,8-9,11-12,15,24H2,1-4H3;/t18?,20?,23-;/m0./s1. The number of rotatable bonds is 4. The maximum absolute atomic E-state index is 9.47. The first-order chi connectivity index (χ1) is 12.2. The van der Waals surface area contributed by atoms with Crippen LogP contribution in [0.1, 0.15) is 58.9 Å². The van der Waals surface area contributed by atoms with Gasteiger partial charge in [0.1, 0.15) is 5.75 Å². The third-order valence-corrected chi connectivity index (χ3v) is 6.00. The van der Waals surface area contributed by atoms with Gasteiger partial charge in [-0.1, -0.05) is 39.0 Å².